The molecule has 0 bridgehead atoms. The quantitative estimate of drug-likeness (QED) is 0.722. The van der Waals surface area contributed by atoms with Crippen molar-refractivity contribution in [1.29, 1.82) is 0 Å². The summed E-state index contributed by atoms with van der Waals surface area (Å²) in [7, 11) is 0. The predicted molar refractivity (Wildman–Crippen MR) is 78.9 cm³/mol. The molecule has 1 N–H and O–H groups in total. The van der Waals surface area contributed by atoms with Crippen LogP contribution in [0.3, 0.4) is 0 Å². The number of hydrazone groups is 1. The van der Waals surface area contributed by atoms with E-state index >= 15 is 0 Å². The SMILES string of the molecule is C1=C(/C2=N\NCCCCCC2)CCCCCCC/1. The Morgan fingerprint density at radius 1 is 0.778 bits per heavy atom. The fraction of sp³-hybridized carbons (Fsp3) is 0.812. The number of allylic oxidation sites excluding steroid dienone is 2. The lowest BCUT2D eigenvalue weighted by Crippen LogP contribution is -2.12. The maximum absolute atomic E-state index is 4.67. The van der Waals surface area contributed by atoms with Gasteiger partial charge in [-0.05, 0) is 50.5 Å². The summed E-state index contributed by atoms with van der Waals surface area (Å²) >= 11 is 0. The third kappa shape index (κ3) is 4.83. The molecule has 0 atom stereocenters. The van der Waals surface area contributed by atoms with Crippen LogP contribution in [0.1, 0.15) is 77.0 Å². The first-order valence-electron chi connectivity index (χ1n) is 7.95. The first kappa shape index (κ1) is 13.6. The minimum Gasteiger partial charge on any atom is -0.310 e. The van der Waals surface area contributed by atoms with Crippen LogP contribution in [0.2, 0.25) is 0 Å². The Morgan fingerprint density at radius 2 is 1.50 bits per heavy atom. The molecule has 0 fully saturated rings. The summed E-state index contributed by atoms with van der Waals surface area (Å²) < 4.78 is 0. The summed E-state index contributed by atoms with van der Waals surface area (Å²) in [4.78, 5) is 0. The van der Waals surface area contributed by atoms with Crippen molar-refractivity contribution in [3.63, 3.8) is 0 Å². The molecule has 1 heterocycles. The number of hydrogen-bond donors (Lipinski definition) is 1. The van der Waals surface area contributed by atoms with Gasteiger partial charge in [0.25, 0.3) is 0 Å². The molecular formula is C16H28N2. The smallest absolute Gasteiger partial charge is 0.0631 e. The van der Waals surface area contributed by atoms with Crippen LogP contribution in [-0.2, 0) is 0 Å². The first-order chi connectivity index (χ1) is 8.97. The van der Waals surface area contributed by atoms with E-state index in [-0.39, 0.29) is 0 Å². The first-order valence-corrected chi connectivity index (χ1v) is 7.95. The molecule has 0 aromatic rings. The topological polar surface area (TPSA) is 24.4 Å². The normalized spacial score (nSPS) is 29.8. The van der Waals surface area contributed by atoms with Gasteiger partial charge in [-0.2, -0.15) is 5.10 Å². The van der Waals surface area contributed by atoms with Crippen LogP contribution in [0.25, 0.3) is 0 Å². The third-order valence-corrected chi connectivity index (χ3v) is 4.08. The fourth-order valence-corrected chi connectivity index (χ4v) is 2.92. The van der Waals surface area contributed by atoms with Crippen molar-refractivity contribution in [2.75, 3.05) is 6.54 Å². The summed E-state index contributed by atoms with van der Waals surface area (Å²) in [6.07, 6.45) is 18.4. The van der Waals surface area contributed by atoms with Crippen LogP contribution >= 0.6 is 0 Å². The van der Waals surface area contributed by atoms with Gasteiger partial charge in [-0.25, -0.2) is 0 Å². The van der Waals surface area contributed by atoms with Gasteiger partial charge in [0.1, 0.15) is 0 Å². The Morgan fingerprint density at radius 3 is 2.44 bits per heavy atom. The average molecular weight is 248 g/mol. The molecule has 2 rings (SSSR count). The minimum absolute atomic E-state index is 1.05. The lowest BCUT2D eigenvalue weighted by Gasteiger charge is -2.10. The van der Waals surface area contributed by atoms with E-state index in [0.717, 1.165) is 6.54 Å². The van der Waals surface area contributed by atoms with Crippen LogP contribution in [-0.4, -0.2) is 12.3 Å². The lowest BCUT2D eigenvalue weighted by molar-refractivity contribution is 0.623. The molecule has 0 amide bonds. The van der Waals surface area contributed by atoms with Crippen molar-refractivity contribution in [2.45, 2.75) is 77.0 Å². The van der Waals surface area contributed by atoms with Gasteiger partial charge in [0.05, 0.1) is 5.71 Å². The van der Waals surface area contributed by atoms with Crippen LogP contribution in [0.5, 0.6) is 0 Å². The number of nitrogens with one attached hydrogen (secondary N) is 1. The molecule has 18 heavy (non-hydrogen) atoms. The predicted octanol–water partition coefficient (Wildman–Crippen LogP) is 4.57. The van der Waals surface area contributed by atoms with E-state index in [1.165, 1.54) is 82.8 Å². The maximum Gasteiger partial charge on any atom is 0.0631 e. The van der Waals surface area contributed by atoms with Crippen LogP contribution in [0.15, 0.2) is 16.8 Å². The monoisotopic (exact) mass is 248 g/mol. The third-order valence-electron chi connectivity index (χ3n) is 4.08. The summed E-state index contributed by atoms with van der Waals surface area (Å²) in [6, 6.07) is 0. The number of rotatable bonds is 1. The van der Waals surface area contributed by atoms with E-state index in [2.05, 4.69) is 16.6 Å². The van der Waals surface area contributed by atoms with E-state index in [1.807, 2.05) is 0 Å². The maximum atomic E-state index is 4.67. The van der Waals surface area contributed by atoms with Crippen molar-refractivity contribution in [2.24, 2.45) is 5.10 Å². The highest BCUT2D eigenvalue weighted by Crippen LogP contribution is 2.20. The average Bonchev–Trinajstić information content (AvgIpc) is 2.61. The highest BCUT2D eigenvalue weighted by molar-refractivity contribution is 5.99. The molecule has 0 aromatic carbocycles. The van der Waals surface area contributed by atoms with Crippen molar-refractivity contribution < 1.29 is 0 Å². The summed E-state index contributed by atoms with van der Waals surface area (Å²) in [5.74, 6) is 0. The molecule has 0 spiro atoms. The van der Waals surface area contributed by atoms with Gasteiger partial charge in [0.15, 0.2) is 0 Å². The molecule has 0 saturated heterocycles. The Bertz CT molecular complexity index is 261. The van der Waals surface area contributed by atoms with Crippen molar-refractivity contribution in [3.05, 3.63) is 11.6 Å². The summed E-state index contributed by atoms with van der Waals surface area (Å²) in [5.41, 5.74) is 6.18. The van der Waals surface area contributed by atoms with Gasteiger partial charge in [-0.15, -0.1) is 0 Å². The molecule has 2 aliphatic rings. The van der Waals surface area contributed by atoms with Gasteiger partial charge in [0, 0.05) is 6.54 Å². The van der Waals surface area contributed by atoms with E-state index in [4.69, 9.17) is 0 Å². The molecule has 2 nitrogen and oxygen atoms in total. The highest BCUT2D eigenvalue weighted by atomic mass is 15.3. The van der Waals surface area contributed by atoms with Crippen LogP contribution < -0.4 is 5.43 Å². The van der Waals surface area contributed by atoms with Crippen molar-refractivity contribution in [1.82, 2.24) is 5.43 Å². The molecule has 102 valence electrons. The molecule has 0 aromatic heterocycles. The van der Waals surface area contributed by atoms with Crippen molar-refractivity contribution in [3.8, 4) is 0 Å². The molecule has 0 unspecified atom stereocenters. The van der Waals surface area contributed by atoms with Gasteiger partial charge in [-0.3, -0.25) is 0 Å². The second kappa shape index (κ2) is 8.34. The second-order valence-electron chi connectivity index (χ2n) is 5.67. The number of nitrogens with zero attached hydrogens (tertiary/aromatic N) is 1. The zero-order valence-corrected chi connectivity index (χ0v) is 11.7. The summed E-state index contributed by atoms with van der Waals surface area (Å²) in [5, 5.41) is 4.67. The molecule has 2 heteroatoms. The molecule has 0 saturated carbocycles. The van der Waals surface area contributed by atoms with Crippen LogP contribution in [0.4, 0.5) is 0 Å². The fourth-order valence-electron chi connectivity index (χ4n) is 2.92. The Labute approximate surface area is 112 Å². The molecule has 1 aliphatic heterocycles. The molecule has 0 radical (unpaired) electrons. The van der Waals surface area contributed by atoms with Crippen LogP contribution in [0, 0.1) is 0 Å². The standard InChI is InChI=1S/C16H28N2/c1-2-4-8-12-15(11-7-3-1)16-13-9-5-6-10-14-17-18-16/h11,17H,1-10,12-14H2/b15-11+,18-16-. The minimum atomic E-state index is 1.05. The van der Waals surface area contributed by atoms with Crippen molar-refractivity contribution >= 4 is 5.71 Å². The van der Waals surface area contributed by atoms with E-state index < -0.39 is 0 Å². The van der Waals surface area contributed by atoms with Gasteiger partial charge in [0.2, 0.25) is 0 Å². The Hall–Kier alpha value is -0.790. The molecule has 1 aliphatic carbocycles. The van der Waals surface area contributed by atoms with E-state index in [0.29, 0.717) is 0 Å². The molecular weight excluding hydrogens is 220 g/mol. The summed E-state index contributed by atoms with van der Waals surface area (Å²) in [6.45, 7) is 1.05. The van der Waals surface area contributed by atoms with Gasteiger partial charge < -0.3 is 5.43 Å². The zero-order valence-electron chi connectivity index (χ0n) is 11.7. The number of hydrogen-bond acceptors (Lipinski definition) is 2. The van der Waals surface area contributed by atoms with E-state index in [9.17, 15) is 0 Å². The lowest BCUT2D eigenvalue weighted by atomic mass is 9.98. The van der Waals surface area contributed by atoms with E-state index in [1.54, 1.807) is 5.57 Å². The largest absolute Gasteiger partial charge is 0.310 e. The zero-order chi connectivity index (χ0) is 12.5. The van der Waals surface area contributed by atoms with Gasteiger partial charge >= 0.3 is 0 Å². The van der Waals surface area contributed by atoms with Gasteiger partial charge in [-0.1, -0.05) is 38.2 Å². The highest BCUT2D eigenvalue weighted by Gasteiger charge is 2.10. The Kier molecular flexibility index (Phi) is 6.32. The second-order valence-corrected chi connectivity index (χ2v) is 5.67. The Balaban J connectivity index is 1.99.